The van der Waals surface area contributed by atoms with E-state index >= 15 is 0 Å². The second-order valence-electron chi connectivity index (χ2n) is 3.61. The van der Waals surface area contributed by atoms with Gasteiger partial charge in [-0.25, -0.2) is 4.39 Å². The van der Waals surface area contributed by atoms with E-state index < -0.39 is 11.9 Å². The third-order valence-corrected chi connectivity index (χ3v) is 2.26. The molecule has 0 radical (unpaired) electrons. The average molecular weight is 220 g/mol. The first-order valence-electron chi connectivity index (χ1n) is 5.49. The van der Waals surface area contributed by atoms with Gasteiger partial charge in [-0.05, 0) is 19.3 Å². The molecule has 0 aromatic carbocycles. The number of halogens is 3. The molecule has 0 amide bonds. The molecular weight excluding hydrogens is 201 g/mol. The van der Waals surface area contributed by atoms with Crippen molar-refractivity contribution in [3.63, 3.8) is 0 Å². The summed E-state index contributed by atoms with van der Waals surface area (Å²) in [5, 5.41) is 0. The third kappa shape index (κ3) is 9.57. The van der Waals surface area contributed by atoms with Gasteiger partial charge in [0, 0.05) is 6.42 Å². The number of rotatable bonds is 9. The lowest BCUT2D eigenvalue weighted by Gasteiger charge is -1.99. The predicted octanol–water partition coefficient (Wildman–Crippen LogP) is 5.37. The molecule has 0 bridgehead atoms. The van der Waals surface area contributed by atoms with Crippen molar-refractivity contribution in [1.82, 2.24) is 0 Å². The fourth-order valence-corrected chi connectivity index (χ4v) is 1.37. The van der Waals surface area contributed by atoms with Gasteiger partial charge in [0.2, 0.25) is 0 Å². The molecule has 0 spiro atoms. The van der Waals surface area contributed by atoms with Crippen LogP contribution in [0.5, 0.6) is 0 Å². The van der Waals surface area contributed by atoms with E-state index in [1.54, 1.807) is 0 Å². The van der Waals surface area contributed by atoms with E-state index in [4.69, 9.17) is 0 Å². The van der Waals surface area contributed by atoms with Crippen molar-refractivity contribution in [1.29, 1.82) is 0 Å². The van der Waals surface area contributed by atoms with Crippen LogP contribution in [0.1, 0.15) is 51.4 Å². The van der Waals surface area contributed by atoms with Crippen LogP contribution in [0.3, 0.4) is 0 Å². The number of unbranched alkanes of at least 4 members (excludes halogenated alkanes) is 6. The summed E-state index contributed by atoms with van der Waals surface area (Å²) >= 11 is 0. The zero-order chi connectivity index (χ0) is 11.5. The van der Waals surface area contributed by atoms with Gasteiger partial charge in [-0.3, -0.25) is 0 Å². The maximum absolute atomic E-state index is 12.3. The number of allylic oxidation sites excluding steroid dienone is 2. The Hall–Kier alpha value is -0.730. The molecule has 0 aromatic heterocycles. The summed E-state index contributed by atoms with van der Waals surface area (Å²) in [7, 11) is 0. The molecule has 15 heavy (non-hydrogen) atoms. The molecule has 0 aliphatic carbocycles. The highest BCUT2D eigenvalue weighted by Crippen LogP contribution is 2.17. The van der Waals surface area contributed by atoms with E-state index in [2.05, 4.69) is 6.58 Å². The molecule has 0 aliphatic rings. The van der Waals surface area contributed by atoms with Gasteiger partial charge in [0.15, 0.2) is 5.83 Å². The predicted molar refractivity (Wildman–Crippen MR) is 57.5 cm³/mol. The molecule has 0 heterocycles. The Morgan fingerprint density at radius 3 is 1.93 bits per heavy atom. The lowest BCUT2D eigenvalue weighted by molar-refractivity contribution is 0.367. The highest BCUT2D eigenvalue weighted by molar-refractivity contribution is 4.90. The quantitative estimate of drug-likeness (QED) is 0.362. The Labute approximate surface area is 89.9 Å². The Morgan fingerprint density at radius 1 is 0.867 bits per heavy atom. The topological polar surface area (TPSA) is 0 Å². The number of hydrogen-bond donors (Lipinski definition) is 0. The smallest absolute Gasteiger partial charge is 0.206 e. The maximum atomic E-state index is 12.3. The van der Waals surface area contributed by atoms with E-state index in [1.807, 2.05) is 6.08 Å². The van der Waals surface area contributed by atoms with Gasteiger partial charge in [-0.1, -0.05) is 31.8 Å². The lowest BCUT2D eigenvalue weighted by atomic mass is 10.1. The van der Waals surface area contributed by atoms with Crippen LogP contribution in [0, 0.1) is 0 Å². The molecule has 0 aromatic rings. The van der Waals surface area contributed by atoms with Gasteiger partial charge in [0.25, 0.3) is 0 Å². The van der Waals surface area contributed by atoms with Crippen LogP contribution in [0.4, 0.5) is 13.2 Å². The minimum Gasteiger partial charge on any atom is -0.206 e. The summed E-state index contributed by atoms with van der Waals surface area (Å²) < 4.78 is 35.6. The standard InChI is InChI=1S/C12H19F3/c1-2-3-4-5-6-7-8-9-10-11(13)12(14)15/h2H,1,3-10H2. The molecule has 0 atom stereocenters. The molecule has 0 nitrogen and oxygen atoms in total. The maximum Gasteiger partial charge on any atom is 0.301 e. The minimum atomic E-state index is -2.17. The van der Waals surface area contributed by atoms with Crippen molar-refractivity contribution in [2.45, 2.75) is 51.4 Å². The van der Waals surface area contributed by atoms with Gasteiger partial charge < -0.3 is 0 Å². The van der Waals surface area contributed by atoms with E-state index in [9.17, 15) is 13.2 Å². The van der Waals surface area contributed by atoms with Gasteiger partial charge >= 0.3 is 6.08 Å². The Morgan fingerprint density at radius 2 is 1.40 bits per heavy atom. The van der Waals surface area contributed by atoms with Crippen molar-refractivity contribution < 1.29 is 13.2 Å². The third-order valence-electron chi connectivity index (χ3n) is 2.26. The Balaban J connectivity index is 3.18. The van der Waals surface area contributed by atoms with Crippen molar-refractivity contribution in [2.75, 3.05) is 0 Å². The second-order valence-corrected chi connectivity index (χ2v) is 3.61. The molecule has 0 saturated heterocycles. The van der Waals surface area contributed by atoms with Crippen LogP contribution in [0.2, 0.25) is 0 Å². The Bertz CT molecular complexity index is 193. The van der Waals surface area contributed by atoms with Crippen LogP contribution in [-0.2, 0) is 0 Å². The van der Waals surface area contributed by atoms with Gasteiger partial charge in [0.05, 0.1) is 0 Å². The number of hydrogen-bond acceptors (Lipinski definition) is 0. The zero-order valence-electron chi connectivity index (χ0n) is 9.08. The first kappa shape index (κ1) is 14.3. The summed E-state index contributed by atoms with van der Waals surface area (Å²) in [4.78, 5) is 0. The van der Waals surface area contributed by atoms with Crippen LogP contribution in [-0.4, -0.2) is 0 Å². The second kappa shape index (κ2) is 9.81. The van der Waals surface area contributed by atoms with Gasteiger partial charge in [0.1, 0.15) is 0 Å². The normalized spacial score (nSPS) is 10.1. The van der Waals surface area contributed by atoms with Gasteiger partial charge in [-0.15, -0.1) is 6.58 Å². The summed E-state index contributed by atoms with van der Waals surface area (Å²) in [5.41, 5.74) is 0. The van der Waals surface area contributed by atoms with E-state index in [-0.39, 0.29) is 6.42 Å². The summed E-state index contributed by atoms with van der Waals surface area (Å²) in [5.74, 6) is -1.25. The fourth-order valence-electron chi connectivity index (χ4n) is 1.37. The highest BCUT2D eigenvalue weighted by atomic mass is 19.3. The molecule has 0 rings (SSSR count). The van der Waals surface area contributed by atoms with Gasteiger partial charge in [-0.2, -0.15) is 8.78 Å². The molecular formula is C12H19F3. The largest absolute Gasteiger partial charge is 0.301 e. The average Bonchev–Trinajstić information content (AvgIpc) is 2.21. The highest BCUT2D eigenvalue weighted by Gasteiger charge is 2.03. The molecule has 0 aliphatic heterocycles. The van der Waals surface area contributed by atoms with Crippen LogP contribution >= 0.6 is 0 Å². The summed E-state index contributed by atoms with van der Waals surface area (Å²) in [6.45, 7) is 3.63. The molecule has 3 heteroatoms. The molecule has 0 fully saturated rings. The van der Waals surface area contributed by atoms with Crippen molar-refractivity contribution in [2.24, 2.45) is 0 Å². The molecule has 0 N–H and O–H groups in total. The molecule has 0 saturated carbocycles. The van der Waals surface area contributed by atoms with E-state index in [0.29, 0.717) is 6.42 Å². The summed E-state index contributed by atoms with van der Waals surface area (Å²) in [6.07, 6.45) is 6.36. The van der Waals surface area contributed by atoms with Crippen LogP contribution in [0.15, 0.2) is 24.6 Å². The van der Waals surface area contributed by atoms with Crippen molar-refractivity contribution in [3.8, 4) is 0 Å². The van der Waals surface area contributed by atoms with Crippen molar-refractivity contribution >= 4 is 0 Å². The molecule has 88 valence electrons. The summed E-state index contributed by atoms with van der Waals surface area (Å²) in [6, 6.07) is 0. The first-order chi connectivity index (χ1) is 7.18. The Kier molecular flexibility index (Phi) is 9.33. The first-order valence-corrected chi connectivity index (χ1v) is 5.49. The van der Waals surface area contributed by atoms with Crippen LogP contribution in [0.25, 0.3) is 0 Å². The SMILES string of the molecule is C=CCCCCCCCCC(F)=C(F)F. The van der Waals surface area contributed by atoms with Crippen molar-refractivity contribution in [3.05, 3.63) is 24.6 Å². The minimum absolute atomic E-state index is 0.116. The van der Waals surface area contributed by atoms with Crippen LogP contribution < -0.4 is 0 Å². The lowest BCUT2D eigenvalue weighted by Crippen LogP contribution is -1.82. The zero-order valence-corrected chi connectivity index (χ0v) is 9.08. The van der Waals surface area contributed by atoms with E-state index in [0.717, 1.165) is 38.5 Å². The van der Waals surface area contributed by atoms with E-state index in [1.165, 1.54) is 0 Å². The monoisotopic (exact) mass is 220 g/mol. The fraction of sp³-hybridized carbons (Fsp3) is 0.667. The molecule has 0 unspecified atom stereocenters.